The van der Waals surface area contributed by atoms with Gasteiger partial charge in [-0.1, -0.05) is 6.07 Å². The lowest BCUT2D eigenvalue weighted by Gasteiger charge is -2.22. The minimum Gasteiger partial charge on any atom is -0.357 e. The summed E-state index contributed by atoms with van der Waals surface area (Å²) in [4.78, 5) is 2.92. The summed E-state index contributed by atoms with van der Waals surface area (Å²) in [5.41, 5.74) is 0.780. The van der Waals surface area contributed by atoms with E-state index in [1.54, 1.807) is 6.07 Å². The third-order valence-electron chi connectivity index (χ3n) is 6.82. The van der Waals surface area contributed by atoms with Crippen molar-refractivity contribution >= 4 is 20.9 Å². The lowest BCUT2D eigenvalue weighted by atomic mass is 9.98. The van der Waals surface area contributed by atoms with Gasteiger partial charge in [-0.05, 0) is 67.1 Å². The number of hydrogen-bond acceptors (Lipinski definition) is 3. The van der Waals surface area contributed by atoms with E-state index < -0.39 is 21.8 Å². The fraction of sp³-hybridized carbons (Fsp3) is 0.391. The average molecular weight is 482 g/mol. The number of fused-ring (bicyclic) bond motifs is 2. The number of rotatable bonds is 5. The quantitative estimate of drug-likeness (QED) is 0.527. The van der Waals surface area contributed by atoms with Gasteiger partial charge in [0.15, 0.2) is 0 Å². The number of aromatic nitrogens is 1. The van der Waals surface area contributed by atoms with E-state index in [1.807, 2.05) is 6.07 Å². The highest BCUT2D eigenvalue weighted by atomic mass is 32.2. The molecule has 1 aliphatic heterocycles. The zero-order valence-electron chi connectivity index (χ0n) is 17.6. The van der Waals surface area contributed by atoms with Gasteiger partial charge in [0.2, 0.25) is 10.0 Å². The van der Waals surface area contributed by atoms with Crippen LogP contribution in [0.15, 0.2) is 53.4 Å². The maximum atomic E-state index is 13.4. The Bertz CT molecular complexity index is 1290. The van der Waals surface area contributed by atoms with Crippen molar-refractivity contribution in [3.05, 3.63) is 65.6 Å². The summed E-state index contributed by atoms with van der Waals surface area (Å²) < 4.78 is 80.0. The molecule has 5 rings (SSSR count). The summed E-state index contributed by atoms with van der Waals surface area (Å²) in [6.45, 7) is 1.12. The Morgan fingerprint density at radius 1 is 1.06 bits per heavy atom. The molecule has 33 heavy (non-hydrogen) atoms. The molecule has 0 unspecified atom stereocenters. The highest BCUT2D eigenvalue weighted by molar-refractivity contribution is 7.89. The van der Waals surface area contributed by atoms with E-state index in [1.165, 1.54) is 22.5 Å². The zero-order valence-corrected chi connectivity index (χ0v) is 18.4. The molecular weight excluding hydrogens is 458 g/mol. The molecule has 2 N–H and O–H groups in total. The molecule has 0 spiro atoms. The third kappa shape index (κ3) is 4.27. The number of nitrogens with one attached hydrogen (secondary N) is 2. The van der Waals surface area contributed by atoms with E-state index in [2.05, 4.69) is 10.3 Å². The first kappa shape index (κ1) is 22.4. The van der Waals surface area contributed by atoms with E-state index >= 15 is 0 Å². The van der Waals surface area contributed by atoms with Gasteiger partial charge in [0.05, 0.1) is 10.5 Å². The number of benzene rings is 2. The predicted octanol–water partition coefficient (Wildman–Crippen LogP) is 4.51. The number of halogens is 4. The van der Waals surface area contributed by atoms with Gasteiger partial charge in [-0.25, -0.2) is 12.8 Å². The van der Waals surface area contributed by atoms with Crippen LogP contribution in [0.25, 0.3) is 10.9 Å². The highest BCUT2D eigenvalue weighted by Crippen LogP contribution is 2.41. The van der Waals surface area contributed by atoms with Crippen LogP contribution in [0, 0.1) is 17.7 Å². The first-order chi connectivity index (χ1) is 15.6. The molecule has 2 fully saturated rings. The van der Waals surface area contributed by atoms with Crippen LogP contribution in [0.3, 0.4) is 0 Å². The molecular formula is C23H23F4N3O2S. The SMILES string of the molecule is O=S(=O)(c1cccc(C(F)(F)F)c1)N1C[C@H]2CC[C@H](NCc3cc4cc(F)ccc4[nH]3)[C@H]2C1. The molecule has 0 radical (unpaired) electrons. The maximum Gasteiger partial charge on any atom is 0.416 e. The minimum absolute atomic E-state index is 0.0902. The van der Waals surface area contributed by atoms with Crippen molar-refractivity contribution in [2.75, 3.05) is 13.1 Å². The molecule has 2 heterocycles. The predicted molar refractivity (Wildman–Crippen MR) is 115 cm³/mol. The van der Waals surface area contributed by atoms with Gasteiger partial charge in [0, 0.05) is 42.3 Å². The molecule has 2 aliphatic rings. The van der Waals surface area contributed by atoms with E-state index in [-0.39, 0.29) is 35.1 Å². The molecule has 1 saturated carbocycles. The minimum atomic E-state index is -4.60. The molecule has 3 atom stereocenters. The molecule has 176 valence electrons. The Kier molecular flexibility index (Phi) is 5.49. The van der Waals surface area contributed by atoms with Gasteiger partial charge in [0.25, 0.3) is 0 Å². The molecule has 10 heteroatoms. The largest absolute Gasteiger partial charge is 0.416 e. The highest BCUT2D eigenvalue weighted by Gasteiger charge is 2.46. The van der Waals surface area contributed by atoms with E-state index in [4.69, 9.17) is 0 Å². The van der Waals surface area contributed by atoms with E-state index in [9.17, 15) is 26.0 Å². The number of hydrogen-bond donors (Lipinski definition) is 2. The summed E-state index contributed by atoms with van der Waals surface area (Å²) in [6, 6.07) is 10.5. The monoisotopic (exact) mass is 481 g/mol. The van der Waals surface area contributed by atoms with Crippen molar-refractivity contribution in [3.8, 4) is 0 Å². The van der Waals surface area contributed by atoms with Gasteiger partial charge >= 0.3 is 6.18 Å². The van der Waals surface area contributed by atoms with E-state index in [0.717, 1.165) is 41.6 Å². The van der Waals surface area contributed by atoms with Crippen molar-refractivity contribution in [2.45, 2.75) is 36.5 Å². The van der Waals surface area contributed by atoms with Crippen LogP contribution in [0.5, 0.6) is 0 Å². The van der Waals surface area contributed by atoms with Crippen LogP contribution in [-0.4, -0.2) is 36.8 Å². The lowest BCUT2D eigenvalue weighted by molar-refractivity contribution is -0.137. The topological polar surface area (TPSA) is 65.2 Å². The Morgan fingerprint density at radius 3 is 2.67 bits per heavy atom. The molecule has 0 bridgehead atoms. The fourth-order valence-corrected chi connectivity index (χ4v) is 6.74. The standard InChI is InChI=1S/C23H23F4N3O2S/c24-17-5-7-21-15(8-17)9-18(29-21)11-28-22-6-4-14-12-30(13-20(14)22)33(31,32)19-3-1-2-16(10-19)23(25,26)27/h1-3,5,7-10,14,20,22,28-29H,4,6,11-13H2/t14-,20+,22+/m1/s1. The van der Waals surface area contributed by atoms with Crippen LogP contribution < -0.4 is 5.32 Å². The van der Waals surface area contributed by atoms with Gasteiger partial charge in [0.1, 0.15) is 5.82 Å². The van der Waals surface area contributed by atoms with Crippen LogP contribution in [0.2, 0.25) is 0 Å². The molecule has 3 aromatic rings. The van der Waals surface area contributed by atoms with Crippen molar-refractivity contribution < 1.29 is 26.0 Å². The third-order valence-corrected chi connectivity index (χ3v) is 8.64. The van der Waals surface area contributed by atoms with Gasteiger partial charge in [-0.3, -0.25) is 0 Å². The van der Waals surface area contributed by atoms with Crippen LogP contribution >= 0.6 is 0 Å². The number of nitrogens with zero attached hydrogens (tertiary/aromatic N) is 1. The summed E-state index contributed by atoms with van der Waals surface area (Å²) in [5, 5.41) is 4.28. The molecule has 0 amide bonds. The van der Waals surface area contributed by atoms with Crippen molar-refractivity contribution in [1.29, 1.82) is 0 Å². The molecule has 1 saturated heterocycles. The van der Waals surface area contributed by atoms with Crippen LogP contribution in [0.4, 0.5) is 17.6 Å². The fourth-order valence-electron chi connectivity index (χ4n) is 5.16. The van der Waals surface area contributed by atoms with Crippen molar-refractivity contribution in [3.63, 3.8) is 0 Å². The number of sulfonamides is 1. The van der Waals surface area contributed by atoms with Gasteiger partial charge in [-0.15, -0.1) is 0 Å². The van der Waals surface area contributed by atoms with Crippen molar-refractivity contribution in [1.82, 2.24) is 14.6 Å². The summed E-state index contributed by atoms with van der Waals surface area (Å²) in [5.74, 6) is -0.0417. The smallest absolute Gasteiger partial charge is 0.357 e. The maximum absolute atomic E-state index is 13.4. The first-order valence-electron chi connectivity index (χ1n) is 10.8. The second-order valence-corrected chi connectivity index (χ2v) is 10.8. The number of alkyl halides is 3. The number of aromatic amines is 1. The Hall–Kier alpha value is -2.43. The first-order valence-corrected chi connectivity index (χ1v) is 12.2. The van der Waals surface area contributed by atoms with Crippen LogP contribution in [-0.2, 0) is 22.7 Å². The molecule has 5 nitrogen and oxygen atoms in total. The van der Waals surface area contributed by atoms with Crippen LogP contribution in [0.1, 0.15) is 24.1 Å². The molecule has 2 aromatic carbocycles. The van der Waals surface area contributed by atoms with Gasteiger partial charge in [-0.2, -0.15) is 17.5 Å². The zero-order chi connectivity index (χ0) is 23.4. The average Bonchev–Trinajstić information content (AvgIpc) is 3.46. The summed E-state index contributed by atoms with van der Waals surface area (Å²) >= 11 is 0. The van der Waals surface area contributed by atoms with E-state index in [0.29, 0.717) is 19.2 Å². The second-order valence-electron chi connectivity index (χ2n) is 8.86. The summed E-state index contributed by atoms with van der Waals surface area (Å²) in [7, 11) is -4.01. The van der Waals surface area contributed by atoms with Crippen molar-refractivity contribution in [2.24, 2.45) is 11.8 Å². The Balaban J connectivity index is 1.27. The lowest BCUT2D eigenvalue weighted by Crippen LogP contribution is -2.36. The number of H-pyrrole nitrogens is 1. The normalized spacial score (nSPS) is 23.9. The second kappa shape index (κ2) is 8.11. The van der Waals surface area contributed by atoms with Gasteiger partial charge < -0.3 is 10.3 Å². The Morgan fingerprint density at radius 2 is 1.88 bits per heavy atom. The Labute approximate surface area is 188 Å². The molecule has 1 aromatic heterocycles. The summed E-state index contributed by atoms with van der Waals surface area (Å²) in [6.07, 6.45) is -2.84. The molecule has 1 aliphatic carbocycles.